The standard InChI is InChI=1S/C17H33NO2S/c1-4-13-8-9-15(12-18-2)17(10-13)14-6-5-7-16(11-14)21(3,19)20/h13-18H,4-12H2,1-3H3. The first-order valence-electron chi connectivity index (χ1n) is 8.79. The summed E-state index contributed by atoms with van der Waals surface area (Å²) in [7, 11) is -0.817. The van der Waals surface area contributed by atoms with E-state index in [2.05, 4.69) is 12.2 Å². The summed E-state index contributed by atoms with van der Waals surface area (Å²) in [4.78, 5) is 0. The zero-order valence-electron chi connectivity index (χ0n) is 14.0. The van der Waals surface area contributed by atoms with Crippen molar-refractivity contribution >= 4 is 9.84 Å². The van der Waals surface area contributed by atoms with Crippen molar-refractivity contribution in [2.45, 2.75) is 63.5 Å². The van der Waals surface area contributed by atoms with E-state index in [1.807, 2.05) is 7.05 Å². The largest absolute Gasteiger partial charge is 0.319 e. The first-order valence-corrected chi connectivity index (χ1v) is 10.7. The van der Waals surface area contributed by atoms with E-state index in [0.717, 1.165) is 43.6 Å². The molecule has 5 atom stereocenters. The Hall–Kier alpha value is -0.0900. The lowest BCUT2D eigenvalue weighted by Gasteiger charge is -2.43. The van der Waals surface area contributed by atoms with E-state index in [0.29, 0.717) is 5.92 Å². The number of sulfone groups is 1. The van der Waals surface area contributed by atoms with Gasteiger partial charge in [0.2, 0.25) is 0 Å². The van der Waals surface area contributed by atoms with Gasteiger partial charge in [-0.05, 0) is 62.9 Å². The molecule has 3 nitrogen and oxygen atoms in total. The fourth-order valence-corrected chi connectivity index (χ4v) is 5.97. The zero-order valence-corrected chi connectivity index (χ0v) is 14.8. The van der Waals surface area contributed by atoms with Gasteiger partial charge in [0.1, 0.15) is 9.84 Å². The van der Waals surface area contributed by atoms with E-state index in [4.69, 9.17) is 0 Å². The van der Waals surface area contributed by atoms with Crippen LogP contribution in [-0.4, -0.2) is 33.5 Å². The third kappa shape index (κ3) is 4.44. The Morgan fingerprint density at radius 2 is 1.86 bits per heavy atom. The van der Waals surface area contributed by atoms with Gasteiger partial charge in [0.25, 0.3) is 0 Å². The molecular formula is C17H33NO2S. The molecule has 2 aliphatic carbocycles. The van der Waals surface area contributed by atoms with Crippen LogP contribution in [0.4, 0.5) is 0 Å². The molecule has 0 bridgehead atoms. The van der Waals surface area contributed by atoms with Crippen molar-refractivity contribution in [3.8, 4) is 0 Å². The minimum atomic E-state index is -2.86. The number of rotatable bonds is 5. The molecule has 5 unspecified atom stereocenters. The quantitative estimate of drug-likeness (QED) is 0.847. The lowest BCUT2D eigenvalue weighted by molar-refractivity contribution is 0.0955. The van der Waals surface area contributed by atoms with Gasteiger partial charge in [-0.15, -0.1) is 0 Å². The average molecular weight is 316 g/mol. The van der Waals surface area contributed by atoms with E-state index < -0.39 is 9.84 Å². The van der Waals surface area contributed by atoms with Crippen LogP contribution in [0.3, 0.4) is 0 Å². The molecule has 0 amide bonds. The Bertz CT molecular complexity index is 421. The summed E-state index contributed by atoms with van der Waals surface area (Å²) < 4.78 is 23.9. The minimum absolute atomic E-state index is 0.0755. The first kappa shape index (κ1) is 17.3. The predicted molar refractivity (Wildman–Crippen MR) is 89.1 cm³/mol. The van der Waals surface area contributed by atoms with E-state index in [9.17, 15) is 8.42 Å². The number of nitrogens with one attached hydrogen (secondary N) is 1. The third-order valence-corrected chi connectivity index (χ3v) is 7.72. The van der Waals surface area contributed by atoms with Crippen LogP contribution in [0.2, 0.25) is 0 Å². The van der Waals surface area contributed by atoms with Crippen LogP contribution in [0.25, 0.3) is 0 Å². The highest BCUT2D eigenvalue weighted by Gasteiger charge is 2.38. The first-order chi connectivity index (χ1) is 9.95. The Kier molecular flexibility index (Phi) is 6.13. The maximum Gasteiger partial charge on any atom is 0.150 e. The maximum atomic E-state index is 11.9. The van der Waals surface area contributed by atoms with Crippen LogP contribution < -0.4 is 5.32 Å². The van der Waals surface area contributed by atoms with Gasteiger partial charge in [0.05, 0.1) is 5.25 Å². The van der Waals surface area contributed by atoms with Gasteiger partial charge in [-0.3, -0.25) is 0 Å². The van der Waals surface area contributed by atoms with Crippen molar-refractivity contribution in [3.05, 3.63) is 0 Å². The molecule has 0 aromatic rings. The summed E-state index contributed by atoms with van der Waals surface area (Å²) in [6.07, 6.45) is 10.9. The molecule has 2 aliphatic rings. The van der Waals surface area contributed by atoms with Crippen molar-refractivity contribution in [2.24, 2.45) is 23.7 Å². The van der Waals surface area contributed by atoms with Crippen LogP contribution >= 0.6 is 0 Å². The predicted octanol–water partition coefficient (Wildman–Crippen LogP) is 3.25. The SMILES string of the molecule is CCC1CCC(CNC)C(C2CCCC(S(C)(=O)=O)C2)C1. The molecule has 1 N–H and O–H groups in total. The van der Waals surface area contributed by atoms with E-state index in [1.165, 1.54) is 38.4 Å². The maximum absolute atomic E-state index is 11.9. The van der Waals surface area contributed by atoms with Crippen molar-refractivity contribution in [2.75, 3.05) is 19.8 Å². The molecule has 4 heteroatoms. The van der Waals surface area contributed by atoms with Gasteiger partial charge in [0, 0.05) is 6.26 Å². The fraction of sp³-hybridized carbons (Fsp3) is 1.00. The highest BCUT2D eigenvalue weighted by molar-refractivity contribution is 7.91. The molecule has 0 saturated heterocycles. The van der Waals surface area contributed by atoms with Crippen LogP contribution in [0.1, 0.15) is 58.3 Å². The van der Waals surface area contributed by atoms with Gasteiger partial charge in [-0.2, -0.15) is 0 Å². The Balaban J connectivity index is 2.07. The number of hydrogen-bond donors (Lipinski definition) is 1. The lowest BCUT2D eigenvalue weighted by Crippen LogP contribution is -2.39. The monoisotopic (exact) mass is 315 g/mol. The molecule has 0 aromatic heterocycles. The Labute approximate surface area is 131 Å². The summed E-state index contributed by atoms with van der Waals surface area (Å²) >= 11 is 0. The topological polar surface area (TPSA) is 46.2 Å². The second-order valence-electron chi connectivity index (χ2n) is 7.45. The summed E-state index contributed by atoms with van der Waals surface area (Å²) in [5, 5.41) is 3.29. The van der Waals surface area contributed by atoms with Crippen molar-refractivity contribution in [3.63, 3.8) is 0 Å². The average Bonchev–Trinajstić information content (AvgIpc) is 2.47. The van der Waals surface area contributed by atoms with Crippen molar-refractivity contribution in [1.29, 1.82) is 0 Å². The summed E-state index contributed by atoms with van der Waals surface area (Å²) in [6.45, 7) is 3.40. The van der Waals surface area contributed by atoms with Crippen LogP contribution in [-0.2, 0) is 9.84 Å². The number of hydrogen-bond acceptors (Lipinski definition) is 3. The van der Waals surface area contributed by atoms with Crippen LogP contribution in [0.5, 0.6) is 0 Å². The molecule has 2 saturated carbocycles. The second-order valence-corrected chi connectivity index (χ2v) is 9.77. The molecule has 0 aliphatic heterocycles. The van der Waals surface area contributed by atoms with E-state index in [-0.39, 0.29) is 5.25 Å². The molecule has 2 fully saturated rings. The van der Waals surface area contributed by atoms with Crippen LogP contribution in [0.15, 0.2) is 0 Å². The van der Waals surface area contributed by atoms with Crippen LogP contribution in [0, 0.1) is 23.7 Å². The molecular weight excluding hydrogens is 282 g/mol. The van der Waals surface area contributed by atoms with Gasteiger partial charge in [-0.1, -0.05) is 32.6 Å². The highest BCUT2D eigenvalue weighted by Crippen LogP contribution is 2.45. The molecule has 0 aromatic carbocycles. The normalized spacial score (nSPS) is 38.3. The van der Waals surface area contributed by atoms with E-state index >= 15 is 0 Å². The molecule has 2 rings (SSSR count). The highest BCUT2D eigenvalue weighted by atomic mass is 32.2. The zero-order chi connectivity index (χ0) is 15.5. The molecule has 0 heterocycles. The molecule has 0 radical (unpaired) electrons. The van der Waals surface area contributed by atoms with Gasteiger partial charge < -0.3 is 5.32 Å². The molecule has 0 spiro atoms. The fourth-order valence-electron chi connectivity index (χ4n) is 4.78. The lowest BCUT2D eigenvalue weighted by atomic mass is 9.65. The van der Waals surface area contributed by atoms with Gasteiger partial charge in [-0.25, -0.2) is 8.42 Å². The minimum Gasteiger partial charge on any atom is -0.319 e. The summed E-state index contributed by atoms with van der Waals surface area (Å²) in [5.74, 6) is 2.98. The third-order valence-electron chi connectivity index (χ3n) is 6.08. The Morgan fingerprint density at radius 1 is 1.10 bits per heavy atom. The summed E-state index contributed by atoms with van der Waals surface area (Å²) in [6, 6.07) is 0. The Morgan fingerprint density at radius 3 is 2.48 bits per heavy atom. The van der Waals surface area contributed by atoms with Crippen molar-refractivity contribution < 1.29 is 8.42 Å². The molecule has 124 valence electrons. The van der Waals surface area contributed by atoms with Gasteiger partial charge in [0.15, 0.2) is 0 Å². The summed E-state index contributed by atoms with van der Waals surface area (Å²) in [5.41, 5.74) is 0. The van der Waals surface area contributed by atoms with E-state index in [1.54, 1.807) is 0 Å². The smallest absolute Gasteiger partial charge is 0.150 e. The second kappa shape index (κ2) is 7.45. The van der Waals surface area contributed by atoms with Gasteiger partial charge >= 0.3 is 0 Å². The molecule has 21 heavy (non-hydrogen) atoms. The van der Waals surface area contributed by atoms with Crippen molar-refractivity contribution in [1.82, 2.24) is 5.32 Å².